The molecule has 1 N–H and O–H groups in total. The van der Waals surface area contributed by atoms with E-state index in [2.05, 4.69) is 4.98 Å². The van der Waals surface area contributed by atoms with Crippen LogP contribution in [0.25, 0.3) is 0 Å². The zero-order chi connectivity index (χ0) is 11.3. The lowest BCUT2D eigenvalue weighted by molar-refractivity contribution is 0.0691. The smallest absolute Gasteiger partial charge is 0.338 e. The number of ether oxygens (including phenoxy) is 1. The number of thioether (sulfide) groups is 1. The molecule has 1 rings (SSSR count). The average Bonchev–Trinajstić information content (AvgIpc) is 2.20. The van der Waals surface area contributed by atoms with Crippen LogP contribution in [0, 0.1) is 5.82 Å². The summed E-state index contributed by atoms with van der Waals surface area (Å²) in [5, 5.41) is 8.75. The maximum Gasteiger partial charge on any atom is 0.338 e. The molecule has 0 saturated heterocycles. The minimum atomic E-state index is -1.29. The fourth-order valence-corrected chi connectivity index (χ4v) is 1.73. The summed E-state index contributed by atoms with van der Waals surface area (Å²) in [4.78, 5) is 14.4. The maximum absolute atomic E-state index is 13.4. The first kappa shape index (κ1) is 11.9. The van der Waals surface area contributed by atoms with E-state index in [9.17, 15) is 9.18 Å². The third-order valence-electron chi connectivity index (χ3n) is 1.61. The van der Waals surface area contributed by atoms with Crippen LogP contribution >= 0.6 is 11.8 Å². The molecule has 1 aromatic rings. The van der Waals surface area contributed by atoms with Crippen molar-refractivity contribution in [1.82, 2.24) is 4.98 Å². The van der Waals surface area contributed by atoms with Crippen molar-refractivity contribution in [1.29, 1.82) is 0 Å². The predicted octanol–water partition coefficient (Wildman–Crippen LogP) is 1.66. The van der Waals surface area contributed by atoms with Crippen LogP contribution in [0.15, 0.2) is 17.3 Å². The van der Waals surface area contributed by atoms with Gasteiger partial charge in [0, 0.05) is 19.1 Å². The second-order valence-electron chi connectivity index (χ2n) is 2.62. The Kier molecular flexibility index (Phi) is 4.51. The molecular formula is C9H10FNO3S. The van der Waals surface area contributed by atoms with Gasteiger partial charge in [0.2, 0.25) is 0 Å². The van der Waals surface area contributed by atoms with Gasteiger partial charge >= 0.3 is 5.97 Å². The molecule has 15 heavy (non-hydrogen) atoms. The van der Waals surface area contributed by atoms with E-state index in [-0.39, 0.29) is 10.6 Å². The molecule has 0 aliphatic heterocycles. The number of halogens is 1. The van der Waals surface area contributed by atoms with Crippen molar-refractivity contribution < 1.29 is 19.0 Å². The molecule has 0 fully saturated rings. The third kappa shape index (κ3) is 3.17. The number of methoxy groups -OCH3 is 1. The number of pyridine rings is 1. The van der Waals surface area contributed by atoms with Gasteiger partial charge in [-0.15, -0.1) is 11.8 Å². The average molecular weight is 231 g/mol. The first-order chi connectivity index (χ1) is 7.16. The first-order valence-corrected chi connectivity index (χ1v) is 5.15. The second kappa shape index (κ2) is 5.67. The summed E-state index contributed by atoms with van der Waals surface area (Å²) in [6.07, 6.45) is 1.28. The van der Waals surface area contributed by atoms with Crippen LogP contribution in [0.5, 0.6) is 0 Å². The molecule has 0 saturated carbocycles. The van der Waals surface area contributed by atoms with Crippen molar-refractivity contribution in [3.8, 4) is 0 Å². The molecule has 4 nitrogen and oxygen atoms in total. The number of carbonyl (C=O) groups is 1. The van der Waals surface area contributed by atoms with Crippen LogP contribution in [0.4, 0.5) is 4.39 Å². The number of rotatable bonds is 5. The Bertz CT molecular complexity index is 359. The van der Waals surface area contributed by atoms with Crippen LogP contribution in [0.3, 0.4) is 0 Å². The lowest BCUT2D eigenvalue weighted by Gasteiger charge is -2.03. The van der Waals surface area contributed by atoms with Crippen LogP contribution in [0.1, 0.15) is 10.4 Å². The maximum atomic E-state index is 13.4. The molecule has 6 heteroatoms. The van der Waals surface area contributed by atoms with E-state index in [4.69, 9.17) is 9.84 Å². The molecule has 82 valence electrons. The molecule has 0 amide bonds. The van der Waals surface area contributed by atoms with Crippen molar-refractivity contribution in [3.05, 3.63) is 23.6 Å². The van der Waals surface area contributed by atoms with Gasteiger partial charge < -0.3 is 9.84 Å². The minimum absolute atomic E-state index is 0.0898. The van der Waals surface area contributed by atoms with Crippen molar-refractivity contribution in [2.24, 2.45) is 0 Å². The van der Waals surface area contributed by atoms with Crippen molar-refractivity contribution >= 4 is 17.7 Å². The SMILES string of the molecule is COCCSc1nccc(C(=O)O)c1F. The molecule has 0 aromatic carbocycles. The zero-order valence-corrected chi connectivity index (χ0v) is 8.88. The molecular weight excluding hydrogens is 221 g/mol. The van der Waals surface area contributed by atoms with Gasteiger partial charge in [0.25, 0.3) is 0 Å². The predicted molar refractivity (Wildman–Crippen MR) is 53.8 cm³/mol. The van der Waals surface area contributed by atoms with Crippen molar-refractivity contribution in [2.75, 3.05) is 19.5 Å². The van der Waals surface area contributed by atoms with Crippen LogP contribution < -0.4 is 0 Å². The van der Waals surface area contributed by atoms with Gasteiger partial charge in [-0.2, -0.15) is 0 Å². The van der Waals surface area contributed by atoms with Gasteiger partial charge in [-0.05, 0) is 6.07 Å². The largest absolute Gasteiger partial charge is 0.478 e. The van der Waals surface area contributed by atoms with E-state index < -0.39 is 11.8 Å². The van der Waals surface area contributed by atoms with Crippen LogP contribution in [0.2, 0.25) is 0 Å². The molecule has 0 unspecified atom stereocenters. The number of hydrogen-bond acceptors (Lipinski definition) is 4. The summed E-state index contributed by atoms with van der Waals surface area (Å²) in [6, 6.07) is 1.14. The topological polar surface area (TPSA) is 59.4 Å². The van der Waals surface area contributed by atoms with E-state index in [1.807, 2.05) is 0 Å². The Morgan fingerprint density at radius 2 is 2.47 bits per heavy atom. The molecule has 0 aliphatic rings. The van der Waals surface area contributed by atoms with Gasteiger partial charge in [-0.3, -0.25) is 0 Å². The fourth-order valence-electron chi connectivity index (χ4n) is 0.912. The van der Waals surface area contributed by atoms with Crippen molar-refractivity contribution in [3.63, 3.8) is 0 Å². The Balaban J connectivity index is 2.80. The summed E-state index contributed by atoms with van der Waals surface area (Å²) < 4.78 is 18.2. The number of aromatic nitrogens is 1. The van der Waals surface area contributed by atoms with Gasteiger partial charge in [0.05, 0.1) is 12.2 Å². The van der Waals surface area contributed by atoms with E-state index >= 15 is 0 Å². The number of hydrogen-bond donors (Lipinski definition) is 1. The summed E-state index contributed by atoms with van der Waals surface area (Å²) in [5.74, 6) is -1.54. The quantitative estimate of drug-likeness (QED) is 0.617. The van der Waals surface area contributed by atoms with E-state index in [0.717, 1.165) is 17.8 Å². The molecule has 1 aromatic heterocycles. The normalized spacial score (nSPS) is 10.3. The molecule has 0 spiro atoms. The molecule has 0 radical (unpaired) electrons. The Morgan fingerprint density at radius 1 is 1.73 bits per heavy atom. The Morgan fingerprint density at radius 3 is 3.07 bits per heavy atom. The highest BCUT2D eigenvalue weighted by Crippen LogP contribution is 2.21. The standard InChI is InChI=1S/C9H10FNO3S/c1-14-4-5-15-8-7(10)6(9(12)13)2-3-11-8/h2-3H,4-5H2,1H3,(H,12,13). The Labute approximate surface area is 90.5 Å². The lowest BCUT2D eigenvalue weighted by Crippen LogP contribution is -2.03. The summed E-state index contributed by atoms with van der Waals surface area (Å²) in [7, 11) is 1.54. The lowest BCUT2D eigenvalue weighted by atomic mass is 10.3. The molecule has 1 heterocycles. The summed E-state index contributed by atoms with van der Waals surface area (Å²) in [5.41, 5.74) is -0.357. The van der Waals surface area contributed by atoms with E-state index in [0.29, 0.717) is 12.4 Å². The fraction of sp³-hybridized carbons (Fsp3) is 0.333. The van der Waals surface area contributed by atoms with Crippen LogP contribution in [-0.2, 0) is 4.74 Å². The number of carboxylic acid groups (broad SMARTS) is 1. The second-order valence-corrected chi connectivity index (χ2v) is 3.71. The van der Waals surface area contributed by atoms with Gasteiger partial charge in [-0.1, -0.05) is 0 Å². The molecule has 0 aliphatic carbocycles. The first-order valence-electron chi connectivity index (χ1n) is 4.16. The number of carboxylic acids is 1. The van der Waals surface area contributed by atoms with Gasteiger partial charge in [0.1, 0.15) is 5.03 Å². The van der Waals surface area contributed by atoms with Crippen molar-refractivity contribution in [2.45, 2.75) is 5.03 Å². The Hall–Kier alpha value is -1.14. The molecule has 0 bridgehead atoms. The van der Waals surface area contributed by atoms with E-state index in [1.165, 1.54) is 13.3 Å². The highest BCUT2D eigenvalue weighted by Gasteiger charge is 2.14. The summed E-state index contributed by atoms with van der Waals surface area (Å²) >= 11 is 1.13. The highest BCUT2D eigenvalue weighted by atomic mass is 32.2. The van der Waals surface area contributed by atoms with Gasteiger partial charge in [0.15, 0.2) is 5.82 Å². The summed E-state index contributed by atoms with van der Waals surface area (Å²) in [6.45, 7) is 0.461. The number of nitrogens with zero attached hydrogens (tertiary/aromatic N) is 1. The van der Waals surface area contributed by atoms with Crippen LogP contribution in [-0.4, -0.2) is 35.5 Å². The highest BCUT2D eigenvalue weighted by molar-refractivity contribution is 7.99. The number of aromatic carboxylic acids is 1. The third-order valence-corrected chi connectivity index (χ3v) is 2.54. The van der Waals surface area contributed by atoms with E-state index in [1.54, 1.807) is 0 Å². The zero-order valence-electron chi connectivity index (χ0n) is 8.07. The minimum Gasteiger partial charge on any atom is -0.478 e. The monoisotopic (exact) mass is 231 g/mol. The van der Waals surface area contributed by atoms with Gasteiger partial charge in [-0.25, -0.2) is 14.2 Å². The molecule has 0 atom stereocenters.